The summed E-state index contributed by atoms with van der Waals surface area (Å²) in [7, 11) is 0. The molecular weight excluding hydrogens is 266 g/mol. The Bertz CT molecular complexity index is 691. The summed E-state index contributed by atoms with van der Waals surface area (Å²) in [6.07, 6.45) is 1.57. The van der Waals surface area contributed by atoms with Gasteiger partial charge in [0, 0.05) is 9.92 Å². The second-order valence-corrected chi connectivity index (χ2v) is 5.49. The van der Waals surface area contributed by atoms with Gasteiger partial charge < -0.3 is 0 Å². The third-order valence-corrected chi connectivity index (χ3v) is 3.79. The van der Waals surface area contributed by atoms with Gasteiger partial charge in [0.2, 0.25) is 0 Å². The molecule has 0 N–H and O–H groups in total. The third kappa shape index (κ3) is 2.21. The molecule has 2 aromatic heterocycles. The highest BCUT2D eigenvalue weighted by molar-refractivity contribution is 7.99. The van der Waals surface area contributed by atoms with Crippen LogP contribution in [0.15, 0.2) is 52.6 Å². The molecule has 1 aromatic carbocycles. The molecular formula is C13H10ClN3S. The van der Waals surface area contributed by atoms with Gasteiger partial charge in [-0.15, -0.1) is 0 Å². The maximum Gasteiger partial charge on any atom is 0.156 e. The number of halogens is 1. The topological polar surface area (TPSA) is 30.2 Å². The van der Waals surface area contributed by atoms with Crippen molar-refractivity contribution in [3.63, 3.8) is 0 Å². The zero-order valence-corrected chi connectivity index (χ0v) is 11.2. The van der Waals surface area contributed by atoms with Crippen molar-refractivity contribution in [2.75, 3.05) is 0 Å². The summed E-state index contributed by atoms with van der Waals surface area (Å²) < 4.78 is 1.84. The zero-order chi connectivity index (χ0) is 12.5. The average Bonchev–Trinajstić information content (AvgIpc) is 2.80. The fourth-order valence-corrected chi connectivity index (χ4v) is 2.83. The van der Waals surface area contributed by atoms with Crippen LogP contribution in [-0.2, 0) is 0 Å². The van der Waals surface area contributed by atoms with E-state index in [1.54, 1.807) is 18.1 Å². The molecule has 3 rings (SSSR count). The Balaban J connectivity index is 2.03. The molecule has 0 saturated heterocycles. The van der Waals surface area contributed by atoms with Gasteiger partial charge in [-0.25, -0.2) is 9.50 Å². The van der Waals surface area contributed by atoms with Crippen molar-refractivity contribution in [1.29, 1.82) is 0 Å². The Morgan fingerprint density at radius 3 is 2.72 bits per heavy atom. The van der Waals surface area contributed by atoms with Crippen molar-refractivity contribution >= 4 is 29.0 Å². The Morgan fingerprint density at radius 2 is 1.94 bits per heavy atom. The quantitative estimate of drug-likeness (QED) is 0.712. The van der Waals surface area contributed by atoms with Crippen LogP contribution in [0.4, 0.5) is 0 Å². The lowest BCUT2D eigenvalue weighted by atomic mass is 10.3. The van der Waals surface area contributed by atoms with Gasteiger partial charge in [-0.2, -0.15) is 5.10 Å². The second kappa shape index (κ2) is 4.63. The van der Waals surface area contributed by atoms with Crippen LogP contribution in [0.2, 0.25) is 5.02 Å². The predicted molar refractivity (Wildman–Crippen MR) is 73.3 cm³/mol. The largest absolute Gasteiger partial charge is 0.215 e. The van der Waals surface area contributed by atoms with E-state index in [0.29, 0.717) is 0 Å². The Labute approximate surface area is 114 Å². The first-order valence-electron chi connectivity index (χ1n) is 5.46. The molecule has 18 heavy (non-hydrogen) atoms. The van der Waals surface area contributed by atoms with Crippen LogP contribution in [0.5, 0.6) is 0 Å². The average molecular weight is 276 g/mol. The molecule has 0 bridgehead atoms. The molecule has 0 amide bonds. The van der Waals surface area contributed by atoms with E-state index in [-0.39, 0.29) is 0 Å². The number of benzene rings is 1. The minimum Gasteiger partial charge on any atom is -0.215 e. The van der Waals surface area contributed by atoms with Crippen molar-refractivity contribution < 1.29 is 0 Å². The van der Waals surface area contributed by atoms with E-state index >= 15 is 0 Å². The Kier molecular flexibility index (Phi) is 2.97. The standard InChI is InChI=1S/C13H10ClN3S/c1-9-6-12-15-8-16-17(12)13(7-9)18-11-4-2-10(14)3-5-11/h2-8H,1H3. The third-order valence-electron chi connectivity index (χ3n) is 2.53. The highest BCUT2D eigenvalue weighted by Gasteiger charge is 2.06. The summed E-state index contributed by atoms with van der Waals surface area (Å²) in [5, 5.41) is 6.02. The Hall–Kier alpha value is -1.52. The van der Waals surface area contributed by atoms with Crippen LogP contribution in [0.25, 0.3) is 5.65 Å². The van der Waals surface area contributed by atoms with Crippen LogP contribution in [-0.4, -0.2) is 14.6 Å². The van der Waals surface area contributed by atoms with E-state index in [2.05, 4.69) is 23.1 Å². The van der Waals surface area contributed by atoms with Crippen LogP contribution in [0.3, 0.4) is 0 Å². The van der Waals surface area contributed by atoms with Gasteiger partial charge in [-0.3, -0.25) is 0 Å². The molecule has 0 aliphatic heterocycles. The molecule has 0 spiro atoms. The van der Waals surface area contributed by atoms with Gasteiger partial charge in [-0.1, -0.05) is 23.4 Å². The lowest BCUT2D eigenvalue weighted by molar-refractivity contribution is 0.858. The minimum atomic E-state index is 0.745. The summed E-state index contributed by atoms with van der Waals surface area (Å²) in [4.78, 5) is 5.34. The lowest BCUT2D eigenvalue weighted by Gasteiger charge is -2.05. The van der Waals surface area contributed by atoms with Crippen LogP contribution in [0, 0.1) is 6.92 Å². The van der Waals surface area contributed by atoms with Gasteiger partial charge in [0.05, 0.1) is 0 Å². The predicted octanol–water partition coefficient (Wildman–Crippen LogP) is 3.84. The van der Waals surface area contributed by atoms with Crippen molar-refractivity contribution in [2.24, 2.45) is 0 Å². The molecule has 90 valence electrons. The van der Waals surface area contributed by atoms with Crippen molar-refractivity contribution in [3.8, 4) is 0 Å². The molecule has 0 fully saturated rings. The monoisotopic (exact) mass is 275 g/mol. The van der Waals surface area contributed by atoms with Gasteiger partial charge in [0.15, 0.2) is 5.65 Å². The van der Waals surface area contributed by atoms with E-state index in [4.69, 9.17) is 11.6 Å². The number of hydrogen-bond donors (Lipinski definition) is 0. The molecule has 5 heteroatoms. The minimum absolute atomic E-state index is 0.745. The van der Waals surface area contributed by atoms with E-state index < -0.39 is 0 Å². The number of aromatic nitrogens is 3. The molecule has 0 radical (unpaired) electrons. The van der Waals surface area contributed by atoms with E-state index in [9.17, 15) is 0 Å². The summed E-state index contributed by atoms with van der Waals surface area (Å²) in [6.45, 7) is 2.06. The first kappa shape index (κ1) is 11.6. The highest BCUT2D eigenvalue weighted by atomic mass is 35.5. The number of nitrogens with zero attached hydrogens (tertiary/aromatic N) is 3. The van der Waals surface area contributed by atoms with Crippen molar-refractivity contribution in [1.82, 2.24) is 14.6 Å². The molecule has 0 aliphatic rings. The fraction of sp³-hybridized carbons (Fsp3) is 0.0769. The van der Waals surface area contributed by atoms with E-state index in [0.717, 1.165) is 20.6 Å². The normalized spacial score (nSPS) is 11.0. The molecule has 3 nitrogen and oxygen atoms in total. The molecule has 0 atom stereocenters. The van der Waals surface area contributed by atoms with Gasteiger partial charge in [0.25, 0.3) is 0 Å². The molecule has 0 unspecified atom stereocenters. The van der Waals surface area contributed by atoms with Gasteiger partial charge in [-0.05, 0) is 48.9 Å². The fourth-order valence-electron chi connectivity index (χ4n) is 1.72. The van der Waals surface area contributed by atoms with Crippen molar-refractivity contribution in [2.45, 2.75) is 16.8 Å². The summed E-state index contributed by atoms with van der Waals surface area (Å²) >= 11 is 7.53. The van der Waals surface area contributed by atoms with E-state index in [1.165, 1.54) is 5.56 Å². The maximum absolute atomic E-state index is 5.88. The molecule has 3 aromatic rings. The first-order valence-corrected chi connectivity index (χ1v) is 6.65. The number of aryl methyl sites for hydroxylation is 1. The lowest BCUT2D eigenvalue weighted by Crippen LogP contribution is -1.93. The number of hydrogen-bond acceptors (Lipinski definition) is 3. The summed E-state index contributed by atoms with van der Waals surface area (Å²) in [6, 6.07) is 11.9. The van der Waals surface area contributed by atoms with Gasteiger partial charge >= 0.3 is 0 Å². The molecule has 2 heterocycles. The second-order valence-electron chi connectivity index (χ2n) is 3.96. The number of fused-ring (bicyclic) bond motifs is 1. The first-order chi connectivity index (χ1) is 8.72. The Morgan fingerprint density at radius 1 is 1.17 bits per heavy atom. The van der Waals surface area contributed by atoms with Crippen molar-refractivity contribution in [3.05, 3.63) is 53.3 Å². The van der Waals surface area contributed by atoms with Crippen LogP contribution >= 0.6 is 23.4 Å². The highest BCUT2D eigenvalue weighted by Crippen LogP contribution is 2.29. The van der Waals surface area contributed by atoms with Gasteiger partial charge in [0.1, 0.15) is 11.4 Å². The summed E-state index contributed by atoms with van der Waals surface area (Å²) in [5.74, 6) is 0. The van der Waals surface area contributed by atoms with Crippen LogP contribution in [0.1, 0.15) is 5.56 Å². The summed E-state index contributed by atoms with van der Waals surface area (Å²) in [5.41, 5.74) is 2.04. The number of pyridine rings is 1. The smallest absolute Gasteiger partial charge is 0.156 e. The maximum atomic E-state index is 5.88. The van der Waals surface area contributed by atoms with Crippen LogP contribution < -0.4 is 0 Å². The zero-order valence-electron chi connectivity index (χ0n) is 9.67. The van der Waals surface area contributed by atoms with E-state index in [1.807, 2.05) is 34.8 Å². The molecule has 0 aliphatic carbocycles. The molecule has 0 saturated carbocycles. The SMILES string of the molecule is Cc1cc(Sc2ccc(Cl)cc2)n2ncnc2c1. The number of rotatable bonds is 2.